The smallest absolute Gasteiger partial charge is 0.0351 e. The van der Waals surface area contributed by atoms with E-state index in [0.29, 0.717) is 17.8 Å². The molecule has 0 fully saturated rings. The standard InChI is InChI=1S/C13H22N2/c1-8(2)13(9(3)4)11-7-10(14)5-6-12(11)15/h5-9,13H,14-15H2,1-4H3. The zero-order valence-electron chi connectivity index (χ0n) is 10.1. The highest BCUT2D eigenvalue weighted by molar-refractivity contribution is 5.56. The third-order valence-electron chi connectivity index (χ3n) is 2.91. The summed E-state index contributed by atoms with van der Waals surface area (Å²) < 4.78 is 0. The van der Waals surface area contributed by atoms with Crippen LogP contribution in [0.5, 0.6) is 0 Å². The Kier molecular flexibility index (Phi) is 3.61. The number of nitrogens with two attached hydrogens (primary N) is 2. The fourth-order valence-corrected chi connectivity index (χ4v) is 2.37. The van der Waals surface area contributed by atoms with E-state index >= 15 is 0 Å². The van der Waals surface area contributed by atoms with E-state index in [1.165, 1.54) is 5.56 Å². The van der Waals surface area contributed by atoms with E-state index in [-0.39, 0.29) is 0 Å². The van der Waals surface area contributed by atoms with Crippen LogP contribution in [0.1, 0.15) is 39.2 Å². The predicted molar refractivity (Wildman–Crippen MR) is 67.7 cm³/mol. The Morgan fingerprint density at radius 2 is 1.47 bits per heavy atom. The van der Waals surface area contributed by atoms with Gasteiger partial charge in [0.15, 0.2) is 0 Å². The summed E-state index contributed by atoms with van der Waals surface area (Å²) in [5.74, 6) is 1.64. The molecule has 0 bridgehead atoms. The second-order valence-corrected chi connectivity index (χ2v) is 4.90. The Labute approximate surface area is 92.7 Å². The van der Waals surface area contributed by atoms with Crippen LogP contribution in [0, 0.1) is 11.8 Å². The van der Waals surface area contributed by atoms with Gasteiger partial charge >= 0.3 is 0 Å². The Morgan fingerprint density at radius 3 is 1.93 bits per heavy atom. The molecule has 0 aliphatic carbocycles. The maximum atomic E-state index is 6.01. The van der Waals surface area contributed by atoms with E-state index in [4.69, 9.17) is 11.5 Å². The average Bonchev–Trinajstić information content (AvgIpc) is 2.10. The molecule has 0 saturated carbocycles. The van der Waals surface area contributed by atoms with Gasteiger partial charge in [-0.1, -0.05) is 27.7 Å². The maximum absolute atomic E-state index is 6.01. The van der Waals surface area contributed by atoms with Crippen LogP contribution in [0.25, 0.3) is 0 Å². The zero-order valence-corrected chi connectivity index (χ0v) is 10.1. The molecule has 0 atom stereocenters. The normalized spacial score (nSPS) is 11.7. The molecule has 1 rings (SSSR count). The molecule has 0 amide bonds. The zero-order chi connectivity index (χ0) is 11.6. The summed E-state index contributed by atoms with van der Waals surface area (Å²) in [5, 5.41) is 0. The van der Waals surface area contributed by atoms with Crippen LogP contribution in [0.3, 0.4) is 0 Å². The largest absolute Gasteiger partial charge is 0.399 e. The number of benzene rings is 1. The van der Waals surface area contributed by atoms with Gasteiger partial charge in [-0.2, -0.15) is 0 Å². The van der Waals surface area contributed by atoms with Crippen LogP contribution in [0.4, 0.5) is 11.4 Å². The minimum atomic E-state index is 0.480. The van der Waals surface area contributed by atoms with E-state index in [9.17, 15) is 0 Å². The van der Waals surface area contributed by atoms with Crippen LogP contribution < -0.4 is 11.5 Å². The van der Waals surface area contributed by atoms with Crippen molar-refractivity contribution in [1.82, 2.24) is 0 Å². The van der Waals surface area contributed by atoms with Gasteiger partial charge in [0.1, 0.15) is 0 Å². The molecule has 0 aromatic heterocycles. The first-order valence-corrected chi connectivity index (χ1v) is 5.58. The first-order chi connectivity index (χ1) is 6.93. The van der Waals surface area contributed by atoms with Gasteiger partial charge in [-0.25, -0.2) is 0 Å². The van der Waals surface area contributed by atoms with Gasteiger partial charge in [-0.3, -0.25) is 0 Å². The van der Waals surface area contributed by atoms with E-state index in [1.54, 1.807) is 0 Å². The molecule has 2 nitrogen and oxygen atoms in total. The van der Waals surface area contributed by atoms with Gasteiger partial charge in [0.05, 0.1) is 0 Å². The third kappa shape index (κ3) is 2.65. The molecule has 4 N–H and O–H groups in total. The van der Waals surface area contributed by atoms with Crippen molar-refractivity contribution in [1.29, 1.82) is 0 Å². The second kappa shape index (κ2) is 4.56. The topological polar surface area (TPSA) is 52.0 Å². The molecule has 1 aromatic rings. The predicted octanol–water partition coefficient (Wildman–Crippen LogP) is 3.25. The van der Waals surface area contributed by atoms with E-state index in [0.717, 1.165) is 11.4 Å². The van der Waals surface area contributed by atoms with Crippen LogP contribution in [-0.2, 0) is 0 Å². The SMILES string of the molecule is CC(C)C(c1cc(N)ccc1N)C(C)C. The van der Waals surface area contributed by atoms with Gasteiger partial charge < -0.3 is 11.5 Å². The molecular formula is C13H22N2. The lowest BCUT2D eigenvalue weighted by Gasteiger charge is -2.26. The summed E-state index contributed by atoms with van der Waals surface area (Å²) in [5.41, 5.74) is 14.7. The molecule has 0 saturated heterocycles. The van der Waals surface area contributed by atoms with Crippen molar-refractivity contribution in [3.63, 3.8) is 0 Å². The quantitative estimate of drug-likeness (QED) is 0.746. The highest BCUT2D eigenvalue weighted by atomic mass is 14.6. The van der Waals surface area contributed by atoms with E-state index in [1.807, 2.05) is 18.2 Å². The Balaban J connectivity index is 3.16. The van der Waals surface area contributed by atoms with Crippen molar-refractivity contribution >= 4 is 11.4 Å². The molecule has 84 valence electrons. The van der Waals surface area contributed by atoms with Crippen molar-refractivity contribution in [2.24, 2.45) is 11.8 Å². The van der Waals surface area contributed by atoms with Crippen LogP contribution >= 0.6 is 0 Å². The van der Waals surface area contributed by atoms with Crippen molar-refractivity contribution in [3.8, 4) is 0 Å². The lowest BCUT2D eigenvalue weighted by molar-refractivity contribution is 0.389. The van der Waals surface area contributed by atoms with Crippen molar-refractivity contribution < 1.29 is 0 Å². The highest BCUT2D eigenvalue weighted by Crippen LogP contribution is 2.35. The fraction of sp³-hybridized carbons (Fsp3) is 0.538. The highest BCUT2D eigenvalue weighted by Gasteiger charge is 2.21. The number of hydrogen-bond acceptors (Lipinski definition) is 2. The van der Waals surface area contributed by atoms with Crippen LogP contribution in [0.15, 0.2) is 18.2 Å². The summed E-state index contributed by atoms with van der Waals surface area (Å²) in [6.07, 6.45) is 0. The number of nitrogen functional groups attached to an aromatic ring is 2. The van der Waals surface area contributed by atoms with Crippen LogP contribution in [-0.4, -0.2) is 0 Å². The van der Waals surface area contributed by atoms with Crippen molar-refractivity contribution in [3.05, 3.63) is 23.8 Å². The maximum Gasteiger partial charge on any atom is 0.0351 e. The van der Waals surface area contributed by atoms with Crippen LogP contribution in [0.2, 0.25) is 0 Å². The molecule has 0 aliphatic heterocycles. The number of rotatable bonds is 3. The molecule has 0 spiro atoms. The molecule has 2 heteroatoms. The molecule has 0 heterocycles. The minimum Gasteiger partial charge on any atom is -0.399 e. The fourth-order valence-electron chi connectivity index (χ4n) is 2.37. The summed E-state index contributed by atoms with van der Waals surface area (Å²) in [6, 6.07) is 5.78. The number of hydrogen-bond donors (Lipinski definition) is 2. The van der Waals surface area contributed by atoms with Gasteiger partial charge in [-0.05, 0) is 41.5 Å². The third-order valence-corrected chi connectivity index (χ3v) is 2.91. The molecule has 0 radical (unpaired) electrons. The number of anilines is 2. The Hall–Kier alpha value is -1.18. The first-order valence-electron chi connectivity index (χ1n) is 5.58. The molecule has 0 unspecified atom stereocenters. The molecule has 1 aromatic carbocycles. The van der Waals surface area contributed by atoms with Gasteiger partial charge in [-0.15, -0.1) is 0 Å². The average molecular weight is 206 g/mol. The summed E-state index contributed by atoms with van der Waals surface area (Å²) in [6.45, 7) is 8.92. The molecular weight excluding hydrogens is 184 g/mol. The lowest BCUT2D eigenvalue weighted by Crippen LogP contribution is -2.15. The summed E-state index contributed by atoms with van der Waals surface area (Å²) in [7, 11) is 0. The van der Waals surface area contributed by atoms with Crippen molar-refractivity contribution in [2.45, 2.75) is 33.6 Å². The van der Waals surface area contributed by atoms with E-state index < -0.39 is 0 Å². The monoisotopic (exact) mass is 206 g/mol. The van der Waals surface area contributed by atoms with Crippen molar-refractivity contribution in [2.75, 3.05) is 11.5 Å². The first kappa shape index (κ1) is 11.9. The molecule has 15 heavy (non-hydrogen) atoms. The summed E-state index contributed by atoms with van der Waals surface area (Å²) >= 11 is 0. The van der Waals surface area contributed by atoms with Gasteiger partial charge in [0, 0.05) is 11.4 Å². The minimum absolute atomic E-state index is 0.480. The Bertz CT molecular complexity index is 321. The van der Waals surface area contributed by atoms with Gasteiger partial charge in [0.2, 0.25) is 0 Å². The van der Waals surface area contributed by atoms with E-state index in [2.05, 4.69) is 27.7 Å². The van der Waals surface area contributed by atoms with Gasteiger partial charge in [0.25, 0.3) is 0 Å². The molecule has 0 aliphatic rings. The second-order valence-electron chi connectivity index (χ2n) is 4.90. The summed E-state index contributed by atoms with van der Waals surface area (Å²) in [4.78, 5) is 0. The Morgan fingerprint density at radius 1 is 0.933 bits per heavy atom. The lowest BCUT2D eigenvalue weighted by atomic mass is 9.79.